The summed E-state index contributed by atoms with van der Waals surface area (Å²) < 4.78 is 0. The standard InChI is InChI=1S/C24H18N4/c25-16-20-21(17-10-4-1-5-11-17)22(18-12-6-2-7-13-18)23(26)28-24(20)27-19-14-8-3-9-15-19/h1-15H,(H3,26,27,28). The van der Waals surface area contributed by atoms with Gasteiger partial charge in [0.15, 0.2) is 5.82 Å². The number of rotatable bonds is 4. The van der Waals surface area contributed by atoms with E-state index in [1.165, 1.54) is 0 Å². The van der Waals surface area contributed by atoms with Gasteiger partial charge in [-0.05, 0) is 23.3 Å². The summed E-state index contributed by atoms with van der Waals surface area (Å²) in [5, 5.41) is 13.3. The molecule has 4 heteroatoms. The fourth-order valence-corrected chi connectivity index (χ4v) is 3.25. The average molecular weight is 362 g/mol. The smallest absolute Gasteiger partial charge is 0.151 e. The molecule has 3 aromatic carbocycles. The molecule has 0 atom stereocenters. The van der Waals surface area contributed by atoms with Gasteiger partial charge in [0.05, 0.1) is 0 Å². The number of nitrogen functional groups attached to an aromatic ring is 1. The van der Waals surface area contributed by atoms with Crippen molar-refractivity contribution in [1.29, 1.82) is 5.26 Å². The van der Waals surface area contributed by atoms with E-state index in [1.54, 1.807) is 0 Å². The van der Waals surface area contributed by atoms with Crippen molar-refractivity contribution in [3.8, 4) is 28.3 Å². The number of hydrogen-bond donors (Lipinski definition) is 2. The van der Waals surface area contributed by atoms with Gasteiger partial charge in [0.2, 0.25) is 0 Å². The zero-order valence-corrected chi connectivity index (χ0v) is 15.1. The van der Waals surface area contributed by atoms with E-state index < -0.39 is 0 Å². The van der Waals surface area contributed by atoms with E-state index in [-0.39, 0.29) is 0 Å². The Hall–Kier alpha value is -4.10. The summed E-state index contributed by atoms with van der Waals surface area (Å²) in [5.41, 5.74) is 11.1. The van der Waals surface area contributed by atoms with Crippen molar-refractivity contribution >= 4 is 17.3 Å². The van der Waals surface area contributed by atoms with Gasteiger partial charge in [-0.3, -0.25) is 0 Å². The summed E-state index contributed by atoms with van der Waals surface area (Å²) in [6.45, 7) is 0. The Morgan fingerprint density at radius 1 is 0.714 bits per heavy atom. The first-order valence-electron chi connectivity index (χ1n) is 8.94. The first kappa shape index (κ1) is 17.3. The van der Waals surface area contributed by atoms with E-state index in [9.17, 15) is 5.26 Å². The van der Waals surface area contributed by atoms with E-state index in [0.717, 1.165) is 27.9 Å². The monoisotopic (exact) mass is 362 g/mol. The minimum absolute atomic E-state index is 0.377. The summed E-state index contributed by atoms with van der Waals surface area (Å²) in [6.07, 6.45) is 0. The number of nitrogens with zero attached hydrogens (tertiary/aromatic N) is 2. The number of nitrogens with two attached hydrogens (primary N) is 1. The van der Waals surface area contributed by atoms with E-state index in [0.29, 0.717) is 17.2 Å². The highest BCUT2D eigenvalue weighted by Gasteiger charge is 2.21. The maximum Gasteiger partial charge on any atom is 0.151 e. The van der Waals surface area contributed by atoms with Crippen molar-refractivity contribution in [3.05, 3.63) is 96.6 Å². The van der Waals surface area contributed by atoms with E-state index in [4.69, 9.17) is 5.73 Å². The van der Waals surface area contributed by atoms with Gasteiger partial charge >= 0.3 is 0 Å². The van der Waals surface area contributed by atoms with Crippen LogP contribution in [0, 0.1) is 11.3 Å². The lowest BCUT2D eigenvalue weighted by Gasteiger charge is -2.18. The van der Waals surface area contributed by atoms with Gasteiger partial charge in [0, 0.05) is 16.8 Å². The molecule has 0 fully saturated rings. The van der Waals surface area contributed by atoms with Gasteiger partial charge in [0.25, 0.3) is 0 Å². The Kier molecular flexibility index (Phi) is 4.73. The van der Waals surface area contributed by atoms with Crippen molar-refractivity contribution < 1.29 is 0 Å². The lowest BCUT2D eigenvalue weighted by atomic mass is 9.91. The van der Waals surface area contributed by atoms with Crippen LogP contribution in [0.15, 0.2) is 91.0 Å². The molecule has 1 aromatic heterocycles. The molecule has 0 amide bonds. The molecule has 4 aromatic rings. The summed E-state index contributed by atoms with van der Waals surface area (Å²) in [7, 11) is 0. The van der Waals surface area contributed by atoms with Crippen molar-refractivity contribution in [2.24, 2.45) is 0 Å². The minimum atomic E-state index is 0.377. The molecule has 4 rings (SSSR count). The lowest BCUT2D eigenvalue weighted by Crippen LogP contribution is -2.05. The van der Waals surface area contributed by atoms with Crippen molar-refractivity contribution in [2.45, 2.75) is 0 Å². The average Bonchev–Trinajstić information content (AvgIpc) is 2.75. The quantitative estimate of drug-likeness (QED) is 0.494. The fourth-order valence-electron chi connectivity index (χ4n) is 3.25. The number of hydrogen-bond acceptors (Lipinski definition) is 4. The second-order valence-electron chi connectivity index (χ2n) is 6.31. The number of nitrogens with one attached hydrogen (secondary N) is 1. The molecule has 3 N–H and O–H groups in total. The molecule has 0 spiro atoms. The molecule has 134 valence electrons. The third-order valence-corrected chi connectivity index (χ3v) is 4.50. The molecule has 1 heterocycles. The molecule has 0 bridgehead atoms. The van der Waals surface area contributed by atoms with Crippen LogP contribution in [0.3, 0.4) is 0 Å². The van der Waals surface area contributed by atoms with Crippen LogP contribution in [0.1, 0.15) is 5.56 Å². The van der Waals surface area contributed by atoms with Crippen LogP contribution >= 0.6 is 0 Å². The first-order valence-corrected chi connectivity index (χ1v) is 8.94. The highest BCUT2D eigenvalue weighted by Crippen LogP contribution is 2.41. The van der Waals surface area contributed by atoms with Gasteiger partial charge in [0.1, 0.15) is 17.5 Å². The first-order chi connectivity index (χ1) is 13.8. The van der Waals surface area contributed by atoms with E-state index in [2.05, 4.69) is 16.4 Å². The van der Waals surface area contributed by atoms with Gasteiger partial charge in [-0.2, -0.15) is 5.26 Å². The topological polar surface area (TPSA) is 74.7 Å². The zero-order chi connectivity index (χ0) is 19.3. The number of anilines is 3. The number of nitriles is 1. The summed E-state index contributed by atoms with van der Waals surface area (Å²) >= 11 is 0. The number of pyridine rings is 1. The van der Waals surface area contributed by atoms with Crippen LogP contribution in [-0.4, -0.2) is 4.98 Å². The molecule has 0 aliphatic heterocycles. The normalized spacial score (nSPS) is 10.2. The second kappa shape index (κ2) is 7.65. The van der Waals surface area contributed by atoms with Crippen LogP contribution in [0.4, 0.5) is 17.3 Å². The van der Waals surface area contributed by atoms with Crippen LogP contribution < -0.4 is 11.1 Å². The molecule has 0 saturated carbocycles. The fraction of sp³-hybridized carbons (Fsp3) is 0. The Morgan fingerprint density at radius 2 is 1.21 bits per heavy atom. The zero-order valence-electron chi connectivity index (χ0n) is 15.1. The van der Waals surface area contributed by atoms with Crippen LogP contribution in [-0.2, 0) is 0 Å². The summed E-state index contributed by atoms with van der Waals surface area (Å²) in [5.74, 6) is 0.826. The van der Waals surface area contributed by atoms with Crippen LogP contribution in [0.5, 0.6) is 0 Å². The predicted molar refractivity (Wildman–Crippen MR) is 114 cm³/mol. The van der Waals surface area contributed by atoms with Crippen molar-refractivity contribution in [2.75, 3.05) is 11.1 Å². The van der Waals surface area contributed by atoms with Crippen molar-refractivity contribution in [3.63, 3.8) is 0 Å². The Morgan fingerprint density at radius 3 is 1.75 bits per heavy atom. The predicted octanol–water partition coefficient (Wildman–Crippen LogP) is 5.61. The molecular formula is C24H18N4. The maximum absolute atomic E-state index is 10.0. The Bertz CT molecular complexity index is 1130. The lowest BCUT2D eigenvalue weighted by molar-refractivity contribution is 1.29. The molecule has 0 aliphatic carbocycles. The maximum atomic E-state index is 10.0. The second-order valence-corrected chi connectivity index (χ2v) is 6.31. The Balaban J connectivity index is 2.00. The van der Waals surface area contributed by atoms with E-state index in [1.807, 2.05) is 91.0 Å². The van der Waals surface area contributed by atoms with E-state index >= 15 is 0 Å². The largest absolute Gasteiger partial charge is 0.383 e. The molecule has 0 radical (unpaired) electrons. The van der Waals surface area contributed by atoms with Gasteiger partial charge in [-0.25, -0.2) is 4.98 Å². The third-order valence-electron chi connectivity index (χ3n) is 4.50. The van der Waals surface area contributed by atoms with Gasteiger partial charge in [-0.1, -0.05) is 78.9 Å². The van der Waals surface area contributed by atoms with Crippen LogP contribution in [0.25, 0.3) is 22.3 Å². The van der Waals surface area contributed by atoms with Crippen molar-refractivity contribution in [1.82, 2.24) is 4.98 Å². The summed E-state index contributed by atoms with van der Waals surface area (Å²) in [6, 6.07) is 31.6. The third kappa shape index (κ3) is 3.29. The molecule has 4 nitrogen and oxygen atoms in total. The molecule has 0 aliphatic rings. The summed E-state index contributed by atoms with van der Waals surface area (Å²) in [4.78, 5) is 4.55. The van der Waals surface area contributed by atoms with Crippen LogP contribution in [0.2, 0.25) is 0 Å². The highest BCUT2D eigenvalue weighted by molar-refractivity contribution is 5.95. The van der Waals surface area contributed by atoms with Gasteiger partial charge in [-0.15, -0.1) is 0 Å². The highest BCUT2D eigenvalue weighted by atomic mass is 15.0. The number of benzene rings is 3. The number of para-hydroxylation sites is 1. The Labute approximate surface area is 163 Å². The number of aromatic nitrogens is 1. The molecule has 28 heavy (non-hydrogen) atoms. The SMILES string of the molecule is N#Cc1c(Nc2ccccc2)nc(N)c(-c2ccccc2)c1-c1ccccc1. The minimum Gasteiger partial charge on any atom is -0.383 e. The molecule has 0 unspecified atom stereocenters. The molecule has 0 saturated heterocycles. The van der Waals surface area contributed by atoms with Gasteiger partial charge < -0.3 is 11.1 Å². The molecular weight excluding hydrogens is 344 g/mol.